The number of aromatic nitrogens is 2. The third-order valence-electron chi connectivity index (χ3n) is 6.34. The Morgan fingerprint density at radius 2 is 1.86 bits per heavy atom. The predicted octanol–water partition coefficient (Wildman–Crippen LogP) is 5.44. The number of aryl methyl sites for hydroxylation is 1. The fourth-order valence-corrected chi connectivity index (χ4v) is 4.64. The normalized spacial score (nSPS) is 19.3. The number of hydrogen-bond acceptors (Lipinski definition) is 6. The number of hydrogen-bond donors (Lipinski definition) is 2. The molecule has 1 amide bonds. The SMILES string of the molecule is Cc1nc(N[C@H](C)c2cccc(C(F)(F)F)c2C)c(C2OCCO2)c(C(Br)C(=O)NC2(C)CC2)n1. The molecule has 2 heterocycles. The van der Waals surface area contributed by atoms with Crippen molar-refractivity contribution in [2.45, 2.75) is 69.4 Å². The van der Waals surface area contributed by atoms with Crippen molar-refractivity contribution >= 4 is 27.7 Å². The average Bonchev–Trinajstić information content (AvgIpc) is 3.26. The molecule has 0 radical (unpaired) electrons. The van der Waals surface area contributed by atoms with E-state index >= 15 is 0 Å². The summed E-state index contributed by atoms with van der Waals surface area (Å²) in [6.45, 7) is 7.59. The number of nitrogens with one attached hydrogen (secondary N) is 2. The van der Waals surface area contributed by atoms with Crippen LogP contribution in [-0.4, -0.2) is 34.6 Å². The minimum absolute atomic E-state index is 0.136. The fraction of sp³-hybridized carbons (Fsp3) is 0.542. The first-order valence-electron chi connectivity index (χ1n) is 11.4. The standard InChI is InChI=1S/C24H28BrF3N4O3/c1-12-15(6-5-7-16(12)24(26,27)28)13(2)29-20-17(22-34-10-11-35-22)19(30-14(3)31-20)18(25)21(33)32-23(4)8-9-23/h5-7,13,18,22H,8-11H2,1-4H3,(H,32,33)(H,29,30,31)/t13-,18?/m1/s1. The fourth-order valence-electron chi connectivity index (χ4n) is 4.17. The van der Waals surface area contributed by atoms with E-state index in [1.165, 1.54) is 13.0 Å². The number of carbonyl (C=O) groups excluding carboxylic acids is 1. The number of amides is 1. The van der Waals surface area contributed by atoms with Crippen molar-refractivity contribution in [3.63, 3.8) is 0 Å². The summed E-state index contributed by atoms with van der Waals surface area (Å²) in [4.78, 5) is 21.2. The van der Waals surface area contributed by atoms with Gasteiger partial charge in [-0.3, -0.25) is 4.79 Å². The first-order valence-corrected chi connectivity index (χ1v) is 12.3. The Labute approximate surface area is 210 Å². The molecule has 11 heteroatoms. The van der Waals surface area contributed by atoms with Gasteiger partial charge in [-0.05, 0) is 57.7 Å². The van der Waals surface area contributed by atoms with Gasteiger partial charge in [0.15, 0.2) is 6.29 Å². The molecule has 2 aromatic rings. The maximum atomic E-state index is 13.5. The van der Waals surface area contributed by atoms with Gasteiger partial charge in [-0.15, -0.1) is 0 Å². The highest BCUT2D eigenvalue weighted by Gasteiger charge is 2.41. The Morgan fingerprint density at radius 1 is 1.20 bits per heavy atom. The van der Waals surface area contributed by atoms with Crippen molar-refractivity contribution in [2.75, 3.05) is 18.5 Å². The highest BCUT2D eigenvalue weighted by atomic mass is 79.9. The van der Waals surface area contributed by atoms with Crippen LogP contribution in [0, 0.1) is 13.8 Å². The summed E-state index contributed by atoms with van der Waals surface area (Å²) in [5.74, 6) is 0.501. The van der Waals surface area contributed by atoms with Gasteiger partial charge in [0, 0.05) is 5.54 Å². The molecule has 1 unspecified atom stereocenters. The van der Waals surface area contributed by atoms with Gasteiger partial charge in [0.2, 0.25) is 5.91 Å². The Bertz CT molecular complexity index is 1120. The van der Waals surface area contributed by atoms with Crippen molar-refractivity contribution < 1.29 is 27.4 Å². The van der Waals surface area contributed by atoms with Crippen molar-refractivity contribution in [1.29, 1.82) is 0 Å². The summed E-state index contributed by atoms with van der Waals surface area (Å²) in [6, 6.07) is 3.57. The second-order valence-electron chi connectivity index (χ2n) is 9.29. The topological polar surface area (TPSA) is 85.4 Å². The van der Waals surface area contributed by atoms with Crippen LogP contribution in [0.15, 0.2) is 18.2 Å². The summed E-state index contributed by atoms with van der Waals surface area (Å²) in [7, 11) is 0. The lowest BCUT2D eigenvalue weighted by molar-refractivity contribution is -0.138. The average molecular weight is 557 g/mol. The zero-order valence-corrected chi connectivity index (χ0v) is 21.5. The number of rotatable bonds is 7. The molecule has 190 valence electrons. The van der Waals surface area contributed by atoms with Crippen molar-refractivity contribution in [3.05, 3.63) is 52.0 Å². The van der Waals surface area contributed by atoms with Crippen molar-refractivity contribution in [1.82, 2.24) is 15.3 Å². The Hall–Kier alpha value is -2.24. The van der Waals surface area contributed by atoms with Gasteiger partial charge in [0.25, 0.3) is 0 Å². The molecule has 7 nitrogen and oxygen atoms in total. The number of carbonyl (C=O) groups is 1. The minimum atomic E-state index is -4.45. The van der Waals surface area contributed by atoms with E-state index in [0.717, 1.165) is 18.9 Å². The van der Waals surface area contributed by atoms with Crippen LogP contribution in [0.25, 0.3) is 0 Å². The van der Waals surface area contributed by atoms with Gasteiger partial charge in [0.1, 0.15) is 16.5 Å². The maximum Gasteiger partial charge on any atom is 0.416 e. The molecule has 0 bridgehead atoms. The molecule has 2 N–H and O–H groups in total. The number of halogens is 4. The summed E-state index contributed by atoms with van der Waals surface area (Å²) < 4.78 is 51.9. The monoisotopic (exact) mass is 556 g/mol. The van der Waals surface area contributed by atoms with Gasteiger partial charge in [0.05, 0.1) is 36.1 Å². The molecular formula is C24H28BrF3N4O3. The Morgan fingerprint density at radius 3 is 2.46 bits per heavy atom. The largest absolute Gasteiger partial charge is 0.416 e. The van der Waals surface area contributed by atoms with E-state index in [9.17, 15) is 18.0 Å². The van der Waals surface area contributed by atoms with Crippen LogP contribution >= 0.6 is 15.9 Å². The Kier molecular flexibility index (Phi) is 7.14. The lowest BCUT2D eigenvalue weighted by atomic mass is 9.97. The minimum Gasteiger partial charge on any atom is -0.363 e. The van der Waals surface area contributed by atoms with Gasteiger partial charge in [-0.1, -0.05) is 28.1 Å². The molecule has 2 fully saturated rings. The van der Waals surface area contributed by atoms with E-state index in [1.807, 2.05) is 6.92 Å². The number of nitrogens with zero attached hydrogens (tertiary/aromatic N) is 2. The molecule has 35 heavy (non-hydrogen) atoms. The van der Waals surface area contributed by atoms with E-state index in [0.29, 0.717) is 41.7 Å². The van der Waals surface area contributed by atoms with Crippen LogP contribution in [0.3, 0.4) is 0 Å². The van der Waals surface area contributed by atoms with Crippen LogP contribution in [0.1, 0.15) is 77.6 Å². The molecule has 1 aliphatic heterocycles. The van der Waals surface area contributed by atoms with Crippen LogP contribution < -0.4 is 10.6 Å². The molecule has 1 aromatic heterocycles. The smallest absolute Gasteiger partial charge is 0.363 e. The predicted molar refractivity (Wildman–Crippen MR) is 127 cm³/mol. The van der Waals surface area contributed by atoms with Gasteiger partial charge < -0.3 is 20.1 Å². The van der Waals surface area contributed by atoms with Gasteiger partial charge >= 0.3 is 6.18 Å². The van der Waals surface area contributed by atoms with Crippen LogP contribution in [0.2, 0.25) is 0 Å². The van der Waals surface area contributed by atoms with Gasteiger partial charge in [-0.2, -0.15) is 13.2 Å². The first-order chi connectivity index (χ1) is 16.4. The molecular weight excluding hydrogens is 529 g/mol. The lowest BCUT2D eigenvalue weighted by Gasteiger charge is -2.25. The van der Waals surface area contributed by atoms with E-state index in [1.54, 1.807) is 19.9 Å². The summed E-state index contributed by atoms with van der Waals surface area (Å²) in [6.07, 6.45) is -3.45. The second-order valence-corrected chi connectivity index (χ2v) is 10.2. The summed E-state index contributed by atoms with van der Waals surface area (Å²) in [5.41, 5.74) is 0.547. The number of alkyl halides is 4. The van der Waals surface area contributed by atoms with Crippen molar-refractivity contribution in [3.8, 4) is 0 Å². The molecule has 1 aromatic carbocycles. The van der Waals surface area contributed by atoms with E-state index < -0.39 is 28.9 Å². The van der Waals surface area contributed by atoms with E-state index in [2.05, 4.69) is 36.5 Å². The quantitative estimate of drug-likeness (QED) is 0.442. The lowest BCUT2D eigenvalue weighted by Crippen LogP contribution is -2.37. The molecule has 2 atom stereocenters. The maximum absolute atomic E-state index is 13.5. The summed E-state index contributed by atoms with van der Waals surface area (Å²) in [5, 5.41) is 6.25. The molecule has 4 rings (SSSR count). The number of anilines is 1. The number of ether oxygens (including phenoxy) is 2. The molecule has 1 aliphatic carbocycles. The second kappa shape index (κ2) is 9.67. The van der Waals surface area contributed by atoms with E-state index in [4.69, 9.17) is 9.47 Å². The number of benzene rings is 1. The van der Waals surface area contributed by atoms with Crippen LogP contribution in [-0.2, 0) is 20.4 Å². The van der Waals surface area contributed by atoms with Gasteiger partial charge in [-0.25, -0.2) is 9.97 Å². The zero-order valence-electron chi connectivity index (χ0n) is 19.9. The Balaban J connectivity index is 1.71. The van der Waals surface area contributed by atoms with Crippen molar-refractivity contribution in [2.24, 2.45) is 0 Å². The summed E-state index contributed by atoms with van der Waals surface area (Å²) >= 11 is 3.49. The highest BCUT2D eigenvalue weighted by Crippen LogP contribution is 2.41. The van der Waals surface area contributed by atoms with E-state index in [-0.39, 0.29) is 17.0 Å². The third-order valence-corrected chi connectivity index (χ3v) is 7.19. The van der Waals surface area contributed by atoms with Crippen LogP contribution in [0.5, 0.6) is 0 Å². The molecule has 0 spiro atoms. The first kappa shape index (κ1) is 25.8. The molecule has 2 aliphatic rings. The third kappa shape index (κ3) is 5.62. The zero-order chi connectivity index (χ0) is 25.5. The molecule has 1 saturated heterocycles. The molecule has 1 saturated carbocycles. The van der Waals surface area contributed by atoms with Crippen LogP contribution in [0.4, 0.5) is 19.0 Å². The highest BCUT2D eigenvalue weighted by molar-refractivity contribution is 9.09.